The Morgan fingerprint density at radius 3 is 2.23 bits per heavy atom. The Bertz CT molecular complexity index is 792. The number of nitrogens with one attached hydrogen (secondary N) is 3. The number of carboxylic acid groups (broad SMARTS) is 1. The zero-order valence-corrected chi connectivity index (χ0v) is 18.8. The lowest BCUT2D eigenvalue weighted by Gasteiger charge is -2.21. The van der Waals surface area contributed by atoms with Crippen LogP contribution in [0.25, 0.3) is 0 Å². The summed E-state index contributed by atoms with van der Waals surface area (Å²) in [5.41, 5.74) is 5.34. The number of nitrogens with zero attached hydrogens (tertiary/aromatic N) is 2. The van der Waals surface area contributed by atoms with E-state index in [1.54, 1.807) is 0 Å². The van der Waals surface area contributed by atoms with E-state index >= 15 is 0 Å². The largest absolute Gasteiger partial charge is 0.480 e. The minimum Gasteiger partial charge on any atom is -0.480 e. The molecule has 198 valence electrons. The summed E-state index contributed by atoms with van der Waals surface area (Å²) < 4.78 is 0. The Morgan fingerprint density at radius 2 is 1.69 bits per heavy atom. The maximum Gasteiger partial charge on any atom is 0.320 e. The molecule has 0 radical (unpaired) electrons. The van der Waals surface area contributed by atoms with Crippen LogP contribution in [-0.4, -0.2) is 82.6 Å². The zero-order valence-electron chi connectivity index (χ0n) is 18.8. The number of carboxylic acids is 1. The fraction of sp³-hybridized carbons (Fsp3) is 0.706. The molecule has 35 heavy (non-hydrogen) atoms. The number of carbonyl (C=O) groups excluding carboxylic acids is 4. The molecule has 0 saturated heterocycles. The third-order valence-electron chi connectivity index (χ3n) is 4.28. The molecular weight excluding hydrogens is 480 g/mol. The molecule has 3 amide bonds. The van der Waals surface area contributed by atoms with Crippen molar-refractivity contribution in [3.63, 3.8) is 0 Å². The maximum atomic E-state index is 12.6. The Hall–Kier alpha value is -4.09. The Kier molecular flexibility index (Phi) is 14.6. The van der Waals surface area contributed by atoms with E-state index in [2.05, 4.69) is 25.6 Å². The highest BCUT2D eigenvalue weighted by Gasteiger charge is 2.24. The molecule has 0 bridgehead atoms. The van der Waals surface area contributed by atoms with Gasteiger partial charge in [-0.3, -0.25) is 24.0 Å². The van der Waals surface area contributed by atoms with E-state index in [-0.39, 0.29) is 32.2 Å². The average molecular weight is 508 g/mol. The number of carbonyl (C=O) groups is 5. The first kappa shape index (κ1) is 30.9. The van der Waals surface area contributed by atoms with E-state index < -0.39 is 71.0 Å². The molecule has 0 saturated carbocycles. The number of nitrogens with two attached hydrogens (primary N) is 1. The molecule has 0 aromatic heterocycles. The van der Waals surface area contributed by atoms with Gasteiger partial charge in [-0.2, -0.15) is 0 Å². The third-order valence-corrected chi connectivity index (χ3v) is 4.28. The van der Waals surface area contributed by atoms with Gasteiger partial charge in [0.2, 0.25) is 17.6 Å². The van der Waals surface area contributed by atoms with Gasteiger partial charge in [-0.05, 0) is 25.7 Å². The second-order valence-electron chi connectivity index (χ2n) is 7.13. The minimum atomic E-state index is -1.52. The molecular formula is C17H28N6O12. The van der Waals surface area contributed by atoms with Gasteiger partial charge >= 0.3 is 5.97 Å². The van der Waals surface area contributed by atoms with Crippen molar-refractivity contribution in [1.82, 2.24) is 16.0 Å². The average Bonchev–Trinajstić information content (AvgIpc) is 2.77. The molecule has 0 fully saturated rings. The topological polar surface area (TPSA) is 272 Å². The van der Waals surface area contributed by atoms with E-state index in [9.17, 15) is 44.2 Å². The summed E-state index contributed by atoms with van der Waals surface area (Å²) in [6.07, 6.45) is -1.40. The molecule has 0 aliphatic carbocycles. The van der Waals surface area contributed by atoms with Gasteiger partial charge in [-0.1, -0.05) is 0 Å². The van der Waals surface area contributed by atoms with Crippen LogP contribution in [0.4, 0.5) is 0 Å². The van der Waals surface area contributed by atoms with Gasteiger partial charge in [-0.15, -0.1) is 20.2 Å². The molecule has 0 heterocycles. The van der Waals surface area contributed by atoms with Crippen LogP contribution in [0, 0.1) is 20.2 Å². The molecule has 0 aliphatic rings. The summed E-state index contributed by atoms with van der Waals surface area (Å²) >= 11 is 0. The summed E-state index contributed by atoms with van der Waals surface area (Å²) in [5, 5.41) is 34.2. The Morgan fingerprint density at radius 1 is 1.03 bits per heavy atom. The summed E-state index contributed by atoms with van der Waals surface area (Å²) in [5.74, 6) is -4.28. The lowest BCUT2D eigenvalue weighted by molar-refractivity contribution is -0.789. The van der Waals surface area contributed by atoms with Crippen LogP contribution in [0.1, 0.15) is 39.0 Å². The van der Waals surface area contributed by atoms with Crippen LogP contribution < -0.4 is 21.7 Å². The van der Waals surface area contributed by atoms with Crippen LogP contribution in [0.2, 0.25) is 0 Å². The summed E-state index contributed by atoms with van der Waals surface area (Å²) in [7, 11) is 0. The zero-order chi connectivity index (χ0) is 27.0. The van der Waals surface area contributed by atoms with Crippen molar-refractivity contribution >= 4 is 29.5 Å². The third kappa shape index (κ3) is 15.4. The predicted octanol–water partition coefficient (Wildman–Crippen LogP) is -2.56. The fourth-order valence-electron chi connectivity index (χ4n) is 2.48. The molecule has 0 aliphatic heterocycles. The number of hydrogen-bond acceptors (Lipinski definition) is 12. The van der Waals surface area contributed by atoms with Crippen LogP contribution in [0.5, 0.6) is 0 Å². The van der Waals surface area contributed by atoms with Crippen molar-refractivity contribution in [2.24, 2.45) is 5.73 Å². The molecule has 2 unspecified atom stereocenters. The fourth-order valence-corrected chi connectivity index (χ4v) is 2.48. The van der Waals surface area contributed by atoms with Gasteiger partial charge in [0.25, 0.3) is 16.1 Å². The van der Waals surface area contributed by atoms with Gasteiger partial charge in [0.15, 0.2) is 0 Å². The Balaban J connectivity index is 5.00. The van der Waals surface area contributed by atoms with Crippen molar-refractivity contribution in [2.75, 3.05) is 19.7 Å². The summed E-state index contributed by atoms with van der Waals surface area (Å²) in [6.45, 7) is -0.216. The number of amides is 3. The first-order valence-corrected chi connectivity index (χ1v) is 10.3. The van der Waals surface area contributed by atoms with Crippen LogP contribution >= 0.6 is 0 Å². The van der Waals surface area contributed by atoms with Gasteiger partial charge in [0.05, 0.1) is 0 Å². The van der Waals surface area contributed by atoms with Crippen molar-refractivity contribution in [3.05, 3.63) is 20.2 Å². The monoisotopic (exact) mass is 508 g/mol. The van der Waals surface area contributed by atoms with Crippen molar-refractivity contribution in [1.29, 1.82) is 0 Å². The molecule has 18 heteroatoms. The van der Waals surface area contributed by atoms with Crippen molar-refractivity contribution < 1.29 is 48.9 Å². The van der Waals surface area contributed by atoms with Crippen LogP contribution in [0.3, 0.4) is 0 Å². The summed E-state index contributed by atoms with van der Waals surface area (Å²) in [4.78, 5) is 86.7. The van der Waals surface area contributed by atoms with E-state index in [4.69, 9.17) is 10.8 Å². The summed E-state index contributed by atoms with van der Waals surface area (Å²) in [6, 6.07) is -2.47. The number of aliphatic carboxylic acids is 1. The van der Waals surface area contributed by atoms with E-state index in [0.29, 0.717) is 6.42 Å². The first-order valence-electron chi connectivity index (χ1n) is 10.3. The highest BCUT2D eigenvalue weighted by molar-refractivity contribution is 6.35. The highest BCUT2D eigenvalue weighted by Crippen LogP contribution is 2.04. The van der Waals surface area contributed by atoms with Gasteiger partial charge < -0.3 is 36.5 Å². The van der Waals surface area contributed by atoms with Crippen molar-refractivity contribution in [2.45, 2.75) is 57.2 Å². The molecule has 18 nitrogen and oxygen atoms in total. The van der Waals surface area contributed by atoms with Crippen molar-refractivity contribution in [3.8, 4) is 0 Å². The standard InChI is InChI=1S/C17H28N6O12/c1-10(24)15(26)19-7-3-2-4-13(21-14(25)6-5-12(18)17(28)29)16(27)20-8-11(35-23(32)33)9-34-22(30)31/h11-13H,2-9,18H2,1H3,(H,19,26)(H,20,27)(H,21,25)(H,28,29)/t11?,12?,13-/m0/s1. The second kappa shape index (κ2) is 16.5. The minimum absolute atomic E-state index is 0.0324. The van der Waals surface area contributed by atoms with E-state index in [1.165, 1.54) is 0 Å². The number of Topliss-reactive ketones (excluding diaryl/α,β-unsaturated/α-hetero) is 1. The van der Waals surface area contributed by atoms with Gasteiger partial charge in [-0.25, -0.2) is 0 Å². The van der Waals surface area contributed by atoms with Gasteiger partial charge in [0, 0.05) is 26.4 Å². The quantitative estimate of drug-likeness (QED) is 0.0520. The SMILES string of the molecule is CC(=O)C(=O)NCCCC[C@H](NC(=O)CCC(N)C(=O)O)C(=O)NCC(CO[N+](=O)[O-])O[N+](=O)[O-]. The molecule has 0 aromatic carbocycles. The normalized spacial score (nSPS) is 12.9. The predicted molar refractivity (Wildman–Crippen MR) is 112 cm³/mol. The molecule has 0 rings (SSSR count). The molecule has 0 aromatic rings. The van der Waals surface area contributed by atoms with Crippen LogP contribution in [0.15, 0.2) is 0 Å². The maximum absolute atomic E-state index is 12.6. The smallest absolute Gasteiger partial charge is 0.320 e. The lowest BCUT2D eigenvalue weighted by Crippen LogP contribution is -2.49. The second-order valence-corrected chi connectivity index (χ2v) is 7.13. The van der Waals surface area contributed by atoms with E-state index in [1.807, 2.05) is 0 Å². The molecule has 3 atom stereocenters. The molecule has 6 N–H and O–H groups in total. The highest BCUT2D eigenvalue weighted by atomic mass is 17.0. The van der Waals surface area contributed by atoms with E-state index in [0.717, 1.165) is 6.92 Å². The first-order chi connectivity index (χ1) is 16.3. The molecule has 0 spiro atoms. The van der Waals surface area contributed by atoms with Gasteiger partial charge in [0.1, 0.15) is 24.8 Å². The number of unbranched alkanes of at least 4 members (excludes halogenated alkanes) is 1. The van der Waals surface area contributed by atoms with Crippen LogP contribution in [-0.2, 0) is 33.6 Å². The number of rotatable bonds is 19. The lowest BCUT2D eigenvalue weighted by atomic mass is 10.1. The Labute approximate surface area is 198 Å². The number of hydrogen-bond donors (Lipinski definition) is 5. The number of ketones is 1.